The van der Waals surface area contributed by atoms with Crippen molar-refractivity contribution in [2.75, 3.05) is 0 Å². The second-order valence-corrected chi connectivity index (χ2v) is 4.25. The molecule has 1 rings (SSSR count). The maximum atomic E-state index is 10.7. The third kappa shape index (κ3) is 2.73. The molecule has 0 N–H and O–H groups in total. The number of hydrogen-bond acceptors (Lipinski definition) is 2. The van der Waals surface area contributed by atoms with Crippen molar-refractivity contribution in [1.29, 1.82) is 0 Å². The van der Waals surface area contributed by atoms with Crippen LogP contribution in [0.15, 0.2) is 18.2 Å². The molecule has 3 heteroatoms. The molecule has 74 valence electrons. The first-order valence-corrected chi connectivity index (χ1v) is 5.66. The van der Waals surface area contributed by atoms with E-state index in [1.165, 1.54) is 6.92 Å². The summed E-state index contributed by atoms with van der Waals surface area (Å²) in [5, 5.41) is 0.892. The minimum absolute atomic E-state index is 0.282. The predicted molar refractivity (Wildman–Crippen MR) is 62.3 cm³/mol. The van der Waals surface area contributed by atoms with Gasteiger partial charge in [-0.1, -0.05) is 24.0 Å². The number of carbonyl (C=O) groups is 1. The molecule has 0 heterocycles. The van der Waals surface area contributed by atoms with Crippen molar-refractivity contribution in [2.24, 2.45) is 0 Å². The fourth-order valence-corrected chi connectivity index (χ4v) is 2.22. The van der Waals surface area contributed by atoms with Crippen molar-refractivity contribution in [3.63, 3.8) is 0 Å². The fourth-order valence-electron chi connectivity index (χ4n) is 1.19. The molecule has 1 aromatic carbocycles. The summed E-state index contributed by atoms with van der Waals surface area (Å²) in [5.41, 5.74) is 1.35. The van der Waals surface area contributed by atoms with Gasteiger partial charge in [-0.2, -0.15) is 0 Å². The molecule has 0 aliphatic carbocycles. The van der Waals surface area contributed by atoms with Gasteiger partial charge in [0.2, 0.25) is 0 Å². The maximum Gasteiger partial charge on any atom is 0.289 e. The molecule has 0 aliphatic heterocycles. The molecule has 0 aromatic heterocycles. The van der Waals surface area contributed by atoms with Crippen LogP contribution in [0.3, 0.4) is 0 Å². The Labute approximate surface area is 91.6 Å². The minimum Gasteiger partial charge on any atom is -0.521 e. The van der Waals surface area contributed by atoms with Gasteiger partial charge >= 0.3 is 0 Å². The van der Waals surface area contributed by atoms with Gasteiger partial charge in [0.25, 0.3) is 15.7 Å². The number of carbonyl (C=O) groups excluding carboxylic acids is 1. The third-order valence-electron chi connectivity index (χ3n) is 1.88. The number of terminal acetylenes is 2. The van der Waals surface area contributed by atoms with Crippen LogP contribution in [-0.4, -0.2) is 15.7 Å². The molecule has 0 unspecified atom stereocenters. The Bertz CT molecular complexity index is 463. The minimum atomic E-state index is -1.12. The van der Waals surface area contributed by atoms with Gasteiger partial charge in [-0.25, -0.2) is 0 Å². The summed E-state index contributed by atoms with van der Waals surface area (Å²) in [6.45, 7) is 1.38. The van der Waals surface area contributed by atoms with Gasteiger partial charge in [0.05, 0.1) is 0 Å². The van der Waals surface area contributed by atoms with E-state index in [9.17, 15) is 4.79 Å². The van der Waals surface area contributed by atoms with Gasteiger partial charge in [0.1, 0.15) is 0 Å². The molecule has 0 saturated carbocycles. The summed E-state index contributed by atoms with van der Waals surface area (Å²) in [6.07, 6.45) is 10.7. The summed E-state index contributed by atoms with van der Waals surface area (Å²) in [7, 11) is -1.12. The topological polar surface area (TPSA) is 26.3 Å². The van der Waals surface area contributed by atoms with Crippen LogP contribution >= 0.6 is 0 Å². The average molecular weight is 214 g/mol. The molecule has 1 aromatic rings. The summed E-state index contributed by atoms with van der Waals surface area (Å²) in [6, 6.07) is 5.45. The lowest BCUT2D eigenvalue weighted by Crippen LogP contribution is -2.23. The molecule has 0 bridgehead atoms. The number of rotatable bonds is 2. The summed E-state index contributed by atoms with van der Waals surface area (Å²) >= 11 is 0. The quantitative estimate of drug-likeness (QED) is 0.508. The van der Waals surface area contributed by atoms with Crippen LogP contribution in [0.1, 0.15) is 18.1 Å². The zero-order valence-electron chi connectivity index (χ0n) is 8.41. The van der Waals surface area contributed by atoms with Crippen molar-refractivity contribution >= 4 is 20.9 Å². The van der Waals surface area contributed by atoms with Gasteiger partial charge in [-0.15, -0.1) is 12.8 Å². The molecule has 0 atom stereocenters. The highest BCUT2D eigenvalue weighted by Crippen LogP contribution is 2.02. The Balaban J connectivity index is 3.04. The average Bonchev–Trinajstić information content (AvgIpc) is 2.25. The lowest BCUT2D eigenvalue weighted by molar-refractivity contribution is -0.131. The Morgan fingerprint density at radius 3 is 2.67 bits per heavy atom. The van der Waals surface area contributed by atoms with E-state index in [2.05, 4.69) is 11.8 Å². The van der Waals surface area contributed by atoms with E-state index in [1.54, 1.807) is 6.07 Å². The van der Waals surface area contributed by atoms with Crippen LogP contribution < -0.4 is 5.19 Å². The highest BCUT2D eigenvalue weighted by atomic mass is 28.2. The van der Waals surface area contributed by atoms with Gasteiger partial charge in [-0.05, 0) is 11.3 Å². The highest BCUT2D eigenvalue weighted by Gasteiger charge is 2.06. The van der Waals surface area contributed by atoms with E-state index in [1.807, 2.05) is 12.1 Å². The van der Waals surface area contributed by atoms with E-state index in [0.29, 0.717) is 11.1 Å². The summed E-state index contributed by atoms with van der Waals surface area (Å²) in [5.74, 6) is 4.77. The van der Waals surface area contributed by atoms with E-state index in [4.69, 9.17) is 17.3 Å². The van der Waals surface area contributed by atoms with E-state index in [-0.39, 0.29) is 5.97 Å². The lowest BCUT2D eigenvalue weighted by Gasteiger charge is -2.06. The third-order valence-corrected chi connectivity index (χ3v) is 3.33. The molecule has 15 heavy (non-hydrogen) atoms. The summed E-state index contributed by atoms with van der Waals surface area (Å²) < 4.78 is 5.01. The Hall–Kier alpha value is -1.97. The monoisotopic (exact) mass is 214 g/mol. The molecular formula is C12H10O2Si. The molecule has 0 radical (unpaired) electrons. The zero-order valence-corrected chi connectivity index (χ0v) is 9.82. The zero-order chi connectivity index (χ0) is 11.3. The van der Waals surface area contributed by atoms with Crippen molar-refractivity contribution in [2.45, 2.75) is 6.92 Å². The molecule has 0 saturated heterocycles. The molecule has 0 amide bonds. The van der Waals surface area contributed by atoms with Crippen molar-refractivity contribution in [3.05, 3.63) is 29.3 Å². The molecule has 0 spiro atoms. The standard InChI is InChI=1S/C12H10O2Si/c1-4-10-7-6-8-12(11(10)5-2)15-14-9(3)13/h1-2,6-8H,15H2,3H3. The Morgan fingerprint density at radius 1 is 1.40 bits per heavy atom. The predicted octanol–water partition coefficient (Wildman–Crippen LogP) is -0.0786. The number of benzene rings is 1. The largest absolute Gasteiger partial charge is 0.521 e. The molecule has 0 fully saturated rings. The van der Waals surface area contributed by atoms with E-state index < -0.39 is 9.76 Å². The second kappa shape index (κ2) is 5.04. The molecule has 2 nitrogen and oxygen atoms in total. The first-order chi connectivity index (χ1) is 7.19. The number of hydrogen-bond donors (Lipinski definition) is 0. The van der Waals surface area contributed by atoms with Gasteiger partial charge < -0.3 is 4.43 Å². The Morgan fingerprint density at radius 2 is 2.13 bits per heavy atom. The smallest absolute Gasteiger partial charge is 0.289 e. The van der Waals surface area contributed by atoms with E-state index >= 15 is 0 Å². The highest BCUT2D eigenvalue weighted by molar-refractivity contribution is 6.49. The normalized spacial score (nSPS) is 9.53. The van der Waals surface area contributed by atoms with Crippen LogP contribution in [0, 0.1) is 24.7 Å². The van der Waals surface area contributed by atoms with Crippen molar-refractivity contribution < 1.29 is 9.22 Å². The maximum absolute atomic E-state index is 10.7. The van der Waals surface area contributed by atoms with Gasteiger partial charge in [-0.3, -0.25) is 4.79 Å². The van der Waals surface area contributed by atoms with Crippen LogP contribution in [0.4, 0.5) is 0 Å². The SMILES string of the molecule is C#Cc1cccc([SiH2]OC(C)=O)c1C#C. The van der Waals surface area contributed by atoms with Crippen LogP contribution in [0.25, 0.3) is 0 Å². The Kier molecular flexibility index (Phi) is 3.73. The molecular weight excluding hydrogens is 204 g/mol. The first kappa shape index (κ1) is 11.1. The van der Waals surface area contributed by atoms with E-state index in [0.717, 1.165) is 5.19 Å². The molecule has 0 aliphatic rings. The van der Waals surface area contributed by atoms with Crippen LogP contribution in [0.2, 0.25) is 0 Å². The fraction of sp³-hybridized carbons (Fsp3) is 0.0833. The van der Waals surface area contributed by atoms with Crippen molar-refractivity contribution in [3.8, 4) is 24.7 Å². The van der Waals surface area contributed by atoms with Crippen molar-refractivity contribution in [1.82, 2.24) is 0 Å². The van der Waals surface area contributed by atoms with Crippen LogP contribution in [0.5, 0.6) is 0 Å². The van der Waals surface area contributed by atoms with Gasteiger partial charge in [0, 0.05) is 18.1 Å². The summed E-state index contributed by atoms with van der Waals surface area (Å²) in [4.78, 5) is 10.7. The second-order valence-electron chi connectivity index (χ2n) is 2.91. The lowest BCUT2D eigenvalue weighted by atomic mass is 10.1. The first-order valence-electron chi connectivity index (χ1n) is 4.37. The van der Waals surface area contributed by atoms with Gasteiger partial charge in [0.15, 0.2) is 0 Å². The van der Waals surface area contributed by atoms with Crippen LogP contribution in [-0.2, 0) is 9.22 Å².